The first kappa shape index (κ1) is 36.8. The van der Waals surface area contributed by atoms with Gasteiger partial charge in [0.05, 0.1) is 27.8 Å². The molecule has 0 aliphatic heterocycles. The highest BCUT2D eigenvalue weighted by molar-refractivity contribution is 7.20. The average Bonchev–Trinajstić information content (AvgIpc) is 3.88. The largest absolute Gasteiger partial charge is 0.309 e. The van der Waals surface area contributed by atoms with Crippen LogP contribution in [0.1, 0.15) is 0 Å². The van der Waals surface area contributed by atoms with Crippen LogP contribution in [-0.4, -0.2) is 17.2 Å². The summed E-state index contributed by atoms with van der Waals surface area (Å²) in [5.74, 6) is 0. The van der Waals surface area contributed by atoms with Gasteiger partial charge < -0.3 is 9.13 Å². The monoisotopic (exact) mass is 818 g/mol. The van der Waals surface area contributed by atoms with Crippen molar-refractivity contribution in [1.82, 2.24) is 9.13 Å². The van der Waals surface area contributed by atoms with Gasteiger partial charge in [-0.05, 0) is 67.8 Å². The average molecular weight is 819 g/mol. The third-order valence-electron chi connectivity index (χ3n) is 13.1. The number of benzene rings is 10. The lowest BCUT2D eigenvalue weighted by Crippen LogP contribution is -2.75. The zero-order chi connectivity index (χ0) is 41.7. The summed E-state index contributed by atoms with van der Waals surface area (Å²) in [6.07, 6.45) is 0. The molecule has 0 radical (unpaired) electrons. The van der Waals surface area contributed by atoms with Crippen molar-refractivity contribution in [2.24, 2.45) is 0 Å². The van der Waals surface area contributed by atoms with Crippen LogP contribution in [0.5, 0.6) is 0 Å². The maximum Gasteiger partial charge on any atom is 0.181 e. The maximum absolute atomic E-state index is 2.94. The van der Waals surface area contributed by atoms with E-state index in [9.17, 15) is 0 Å². The van der Waals surface area contributed by atoms with Crippen molar-refractivity contribution < 1.29 is 0 Å². The Morgan fingerprint density at radius 1 is 0.286 bits per heavy atom. The van der Waals surface area contributed by atoms with Crippen LogP contribution in [0.15, 0.2) is 255 Å². The fourth-order valence-corrected chi connectivity index (χ4v) is 15.3. The molecule has 10 aromatic carbocycles. The second-order valence-corrected chi connectivity index (χ2v) is 20.2. The minimum atomic E-state index is -2.94. The van der Waals surface area contributed by atoms with Crippen LogP contribution in [-0.2, 0) is 0 Å². The molecule has 0 aliphatic carbocycles. The van der Waals surface area contributed by atoms with Crippen molar-refractivity contribution >= 4 is 72.4 Å². The molecule has 63 heavy (non-hydrogen) atoms. The summed E-state index contributed by atoms with van der Waals surface area (Å²) in [4.78, 5) is 0. The molecule has 2 aromatic heterocycles. The molecule has 0 unspecified atom stereocenters. The van der Waals surface area contributed by atoms with Gasteiger partial charge in [0.25, 0.3) is 0 Å². The quantitative estimate of drug-likeness (QED) is 0.107. The first-order valence-corrected chi connectivity index (χ1v) is 23.8. The molecule has 0 saturated carbocycles. The number of aromatic nitrogens is 2. The van der Waals surface area contributed by atoms with E-state index in [4.69, 9.17) is 0 Å². The molecular weight excluding hydrogens is 777 g/mol. The van der Waals surface area contributed by atoms with E-state index in [1.807, 2.05) is 0 Å². The van der Waals surface area contributed by atoms with Crippen LogP contribution >= 0.6 is 0 Å². The van der Waals surface area contributed by atoms with E-state index < -0.39 is 8.07 Å². The SMILES string of the molecule is c1ccc(-c2ccc(-c3ccccc3)c(-n3c4ccccc4c4ccc(-n5c6ccccc6c6cccc([Si](c7ccccc7)(c7ccccc7)c7ccccc7)c65)cc43)c2)cc1. The van der Waals surface area contributed by atoms with Crippen molar-refractivity contribution in [2.45, 2.75) is 0 Å². The zero-order valence-electron chi connectivity index (χ0n) is 34.6. The van der Waals surface area contributed by atoms with Crippen LogP contribution < -0.4 is 20.7 Å². The van der Waals surface area contributed by atoms with Crippen molar-refractivity contribution in [1.29, 1.82) is 0 Å². The van der Waals surface area contributed by atoms with Gasteiger partial charge in [-0.2, -0.15) is 0 Å². The van der Waals surface area contributed by atoms with Crippen molar-refractivity contribution in [3.05, 3.63) is 255 Å². The third-order valence-corrected chi connectivity index (χ3v) is 17.9. The standard InChI is InChI=1S/C60H42N2Si/c1-6-21-43(22-7-1)45-37-39-50(44-23-8-2-9-24-44)57(41-45)62-56-35-19-16-31-51(56)53-40-38-46(42-58(53)62)61-55-34-18-17-32-52(55)54-33-20-36-59(60(54)61)63(47-25-10-3-11-26-47,48-27-12-4-13-28-48)49-29-14-5-15-30-49/h1-42H. The lowest BCUT2D eigenvalue weighted by atomic mass is 9.98. The molecule has 0 N–H and O–H groups in total. The van der Waals surface area contributed by atoms with Crippen LogP contribution in [0.2, 0.25) is 0 Å². The number of nitrogens with zero attached hydrogens (tertiary/aromatic N) is 2. The number of fused-ring (bicyclic) bond motifs is 6. The molecular formula is C60H42N2Si. The summed E-state index contributed by atoms with van der Waals surface area (Å²) in [5, 5.41) is 10.4. The van der Waals surface area contributed by atoms with E-state index in [0.29, 0.717) is 0 Å². The summed E-state index contributed by atoms with van der Waals surface area (Å²) in [5.41, 5.74) is 11.8. The summed E-state index contributed by atoms with van der Waals surface area (Å²) >= 11 is 0. The Morgan fingerprint density at radius 2 is 0.762 bits per heavy atom. The van der Waals surface area contributed by atoms with E-state index in [-0.39, 0.29) is 0 Å². The van der Waals surface area contributed by atoms with E-state index in [1.54, 1.807) is 0 Å². The van der Waals surface area contributed by atoms with Crippen molar-refractivity contribution in [3.63, 3.8) is 0 Å². The van der Waals surface area contributed by atoms with Crippen molar-refractivity contribution in [3.8, 4) is 33.6 Å². The molecule has 0 bridgehead atoms. The van der Waals surface area contributed by atoms with E-state index in [2.05, 4.69) is 264 Å². The van der Waals surface area contributed by atoms with Gasteiger partial charge in [-0.3, -0.25) is 0 Å². The molecule has 12 aromatic rings. The number of para-hydroxylation sites is 3. The van der Waals surface area contributed by atoms with Gasteiger partial charge in [-0.25, -0.2) is 0 Å². The van der Waals surface area contributed by atoms with Gasteiger partial charge >= 0.3 is 0 Å². The second kappa shape index (κ2) is 15.2. The van der Waals surface area contributed by atoms with E-state index in [1.165, 1.54) is 81.1 Å². The summed E-state index contributed by atoms with van der Waals surface area (Å²) in [6.45, 7) is 0. The predicted octanol–water partition coefficient (Wildman–Crippen LogP) is 12.6. The molecule has 12 rings (SSSR count). The fourth-order valence-electron chi connectivity index (χ4n) is 10.4. The van der Waals surface area contributed by atoms with Gasteiger partial charge in [0.15, 0.2) is 8.07 Å². The molecule has 0 amide bonds. The summed E-state index contributed by atoms with van der Waals surface area (Å²) in [7, 11) is -2.94. The summed E-state index contributed by atoms with van der Waals surface area (Å²) < 4.78 is 5.07. The molecule has 0 fully saturated rings. The van der Waals surface area contributed by atoms with Gasteiger partial charge in [0, 0.05) is 32.8 Å². The molecule has 0 spiro atoms. The topological polar surface area (TPSA) is 9.86 Å². The molecule has 0 saturated heterocycles. The molecule has 0 atom stereocenters. The Bertz CT molecular complexity index is 3500. The Labute approximate surface area is 368 Å². The maximum atomic E-state index is 2.57. The number of hydrogen-bond acceptors (Lipinski definition) is 0. The molecule has 0 aliphatic rings. The highest BCUT2D eigenvalue weighted by atomic mass is 28.3. The van der Waals surface area contributed by atoms with Crippen LogP contribution in [0.25, 0.3) is 77.2 Å². The molecule has 2 nitrogen and oxygen atoms in total. The first-order valence-electron chi connectivity index (χ1n) is 21.8. The van der Waals surface area contributed by atoms with Crippen LogP contribution in [0.3, 0.4) is 0 Å². The molecule has 3 heteroatoms. The lowest BCUT2D eigenvalue weighted by Gasteiger charge is -2.35. The Balaban J connectivity index is 1.21. The Kier molecular flexibility index (Phi) is 8.87. The van der Waals surface area contributed by atoms with Crippen LogP contribution in [0, 0.1) is 0 Å². The van der Waals surface area contributed by atoms with Gasteiger partial charge in [-0.15, -0.1) is 0 Å². The van der Waals surface area contributed by atoms with Gasteiger partial charge in [0.1, 0.15) is 0 Å². The Morgan fingerprint density at radius 3 is 1.37 bits per heavy atom. The third kappa shape index (κ3) is 5.85. The second-order valence-electron chi connectivity index (χ2n) is 16.4. The fraction of sp³-hybridized carbons (Fsp3) is 0. The van der Waals surface area contributed by atoms with Gasteiger partial charge in [0.2, 0.25) is 0 Å². The zero-order valence-corrected chi connectivity index (χ0v) is 35.6. The van der Waals surface area contributed by atoms with Crippen molar-refractivity contribution in [2.75, 3.05) is 0 Å². The van der Waals surface area contributed by atoms with E-state index >= 15 is 0 Å². The normalized spacial score (nSPS) is 11.8. The molecule has 2 heterocycles. The first-order chi connectivity index (χ1) is 31.3. The highest BCUT2D eigenvalue weighted by Crippen LogP contribution is 2.40. The minimum Gasteiger partial charge on any atom is -0.309 e. The minimum absolute atomic E-state index is 1.13. The van der Waals surface area contributed by atoms with Crippen LogP contribution in [0.4, 0.5) is 0 Å². The predicted molar refractivity (Wildman–Crippen MR) is 270 cm³/mol. The number of rotatable bonds is 8. The molecule has 296 valence electrons. The number of hydrogen-bond donors (Lipinski definition) is 0. The van der Waals surface area contributed by atoms with E-state index in [0.717, 1.165) is 16.9 Å². The lowest BCUT2D eigenvalue weighted by molar-refractivity contribution is 1.16. The highest BCUT2D eigenvalue weighted by Gasteiger charge is 2.43. The Hall–Kier alpha value is -7.98. The smallest absolute Gasteiger partial charge is 0.181 e. The van der Waals surface area contributed by atoms with Gasteiger partial charge in [-0.1, -0.05) is 224 Å². The summed E-state index contributed by atoms with van der Waals surface area (Å²) in [6, 6.07) is 94.4.